The molecule has 0 aromatic heterocycles. The average molecular weight is 234 g/mol. The van der Waals surface area contributed by atoms with E-state index >= 15 is 0 Å². The van der Waals surface area contributed by atoms with Crippen molar-refractivity contribution in [2.75, 3.05) is 13.2 Å². The molecule has 0 radical (unpaired) electrons. The molecule has 1 aromatic carbocycles. The van der Waals surface area contributed by atoms with Gasteiger partial charge in [-0.3, -0.25) is 0 Å². The van der Waals surface area contributed by atoms with E-state index in [0.717, 1.165) is 5.56 Å². The highest BCUT2D eigenvalue weighted by Gasteiger charge is 2.32. The Hall–Kier alpha value is -0.860. The molecule has 1 saturated heterocycles. The summed E-state index contributed by atoms with van der Waals surface area (Å²) in [6.07, 6.45) is 1.40. The molecule has 0 atom stereocenters. The molecule has 1 N–H and O–H groups in total. The van der Waals surface area contributed by atoms with E-state index < -0.39 is 5.60 Å². The Kier molecular flexibility index (Phi) is 3.55. The van der Waals surface area contributed by atoms with Gasteiger partial charge in [0.05, 0.1) is 5.60 Å². The molecule has 1 aliphatic rings. The van der Waals surface area contributed by atoms with Crippen molar-refractivity contribution >= 4 is 0 Å². The van der Waals surface area contributed by atoms with E-state index in [-0.39, 0.29) is 0 Å². The molecular weight excluding hydrogens is 212 g/mol. The van der Waals surface area contributed by atoms with Gasteiger partial charge in [-0.05, 0) is 24.0 Å². The maximum atomic E-state index is 10.7. The quantitative estimate of drug-likeness (QED) is 0.852. The molecule has 1 aromatic rings. The van der Waals surface area contributed by atoms with Gasteiger partial charge in [-0.1, -0.05) is 37.6 Å². The van der Waals surface area contributed by atoms with E-state index in [9.17, 15) is 5.11 Å². The Labute approximate surface area is 104 Å². The van der Waals surface area contributed by atoms with Gasteiger partial charge in [0.1, 0.15) is 0 Å². The molecule has 17 heavy (non-hydrogen) atoms. The molecule has 0 bridgehead atoms. The van der Waals surface area contributed by atoms with Crippen LogP contribution >= 0.6 is 0 Å². The van der Waals surface area contributed by atoms with Crippen molar-refractivity contribution in [1.82, 2.24) is 0 Å². The third-order valence-corrected chi connectivity index (χ3v) is 3.62. The molecule has 1 aliphatic heterocycles. The highest BCUT2D eigenvalue weighted by Crippen LogP contribution is 2.34. The number of ether oxygens (including phenoxy) is 1. The van der Waals surface area contributed by atoms with E-state index in [0.29, 0.717) is 32.0 Å². The molecule has 0 spiro atoms. The van der Waals surface area contributed by atoms with Gasteiger partial charge in [0.25, 0.3) is 0 Å². The molecule has 1 fully saturated rings. The first kappa shape index (κ1) is 12.6. The molecule has 0 unspecified atom stereocenters. The molecule has 0 amide bonds. The van der Waals surface area contributed by atoms with Crippen LogP contribution in [0.4, 0.5) is 0 Å². The second-order valence-corrected chi connectivity index (χ2v) is 5.43. The van der Waals surface area contributed by atoms with Crippen LogP contribution in [0.15, 0.2) is 18.2 Å². The topological polar surface area (TPSA) is 29.5 Å². The summed E-state index contributed by atoms with van der Waals surface area (Å²) in [7, 11) is 0. The van der Waals surface area contributed by atoms with Gasteiger partial charge in [-0.2, -0.15) is 0 Å². The molecule has 0 aliphatic carbocycles. The SMILES string of the molecule is Cc1cc(C(C)C)cc(C2(O)CCOCC2)c1. The fourth-order valence-electron chi connectivity index (χ4n) is 2.41. The average Bonchev–Trinajstić information content (AvgIpc) is 2.29. The van der Waals surface area contributed by atoms with E-state index in [1.54, 1.807) is 0 Å². The lowest BCUT2D eigenvalue weighted by Crippen LogP contribution is -2.33. The zero-order chi connectivity index (χ0) is 12.5. The van der Waals surface area contributed by atoms with Crippen molar-refractivity contribution < 1.29 is 9.84 Å². The summed E-state index contributed by atoms with van der Waals surface area (Å²) >= 11 is 0. The highest BCUT2D eigenvalue weighted by atomic mass is 16.5. The summed E-state index contributed by atoms with van der Waals surface area (Å²) < 4.78 is 5.33. The summed E-state index contributed by atoms with van der Waals surface area (Å²) in [5.74, 6) is 0.497. The van der Waals surface area contributed by atoms with Gasteiger partial charge >= 0.3 is 0 Å². The van der Waals surface area contributed by atoms with Crippen LogP contribution in [0.3, 0.4) is 0 Å². The molecule has 2 rings (SSSR count). The Bertz CT molecular complexity index is 390. The van der Waals surface area contributed by atoms with Crippen LogP contribution in [0, 0.1) is 6.92 Å². The van der Waals surface area contributed by atoms with E-state index in [4.69, 9.17) is 4.74 Å². The molecule has 2 nitrogen and oxygen atoms in total. The van der Waals surface area contributed by atoms with E-state index in [2.05, 4.69) is 39.0 Å². The summed E-state index contributed by atoms with van der Waals surface area (Å²) in [4.78, 5) is 0. The van der Waals surface area contributed by atoms with Crippen LogP contribution in [-0.4, -0.2) is 18.3 Å². The van der Waals surface area contributed by atoms with E-state index in [1.165, 1.54) is 11.1 Å². The number of aliphatic hydroxyl groups is 1. The van der Waals surface area contributed by atoms with Crippen molar-refractivity contribution in [3.8, 4) is 0 Å². The molecule has 1 heterocycles. The van der Waals surface area contributed by atoms with Crippen molar-refractivity contribution in [2.45, 2.75) is 45.1 Å². The Morgan fingerprint density at radius 2 is 1.82 bits per heavy atom. The fraction of sp³-hybridized carbons (Fsp3) is 0.600. The summed E-state index contributed by atoms with van der Waals surface area (Å²) in [6, 6.07) is 6.47. The largest absolute Gasteiger partial charge is 0.385 e. The van der Waals surface area contributed by atoms with Crippen molar-refractivity contribution in [2.24, 2.45) is 0 Å². The smallest absolute Gasteiger partial charge is 0.0940 e. The Balaban J connectivity index is 2.37. The third-order valence-electron chi connectivity index (χ3n) is 3.62. The number of hydrogen-bond acceptors (Lipinski definition) is 2. The highest BCUT2D eigenvalue weighted by molar-refractivity contribution is 5.34. The summed E-state index contributed by atoms with van der Waals surface area (Å²) in [5, 5.41) is 10.7. The van der Waals surface area contributed by atoms with Crippen LogP contribution in [0.1, 0.15) is 49.3 Å². The first-order chi connectivity index (χ1) is 8.01. The van der Waals surface area contributed by atoms with Crippen LogP contribution in [0.25, 0.3) is 0 Å². The normalized spacial score (nSPS) is 19.6. The predicted octanol–water partition coefficient (Wildman–Crippen LogP) is 3.12. The maximum Gasteiger partial charge on any atom is 0.0940 e. The fourth-order valence-corrected chi connectivity index (χ4v) is 2.41. The van der Waals surface area contributed by atoms with Crippen LogP contribution < -0.4 is 0 Å². The lowest BCUT2D eigenvalue weighted by Gasteiger charge is -2.33. The van der Waals surface area contributed by atoms with Gasteiger partial charge < -0.3 is 9.84 Å². The Morgan fingerprint density at radius 3 is 2.41 bits per heavy atom. The minimum Gasteiger partial charge on any atom is -0.385 e. The third kappa shape index (κ3) is 2.70. The van der Waals surface area contributed by atoms with Crippen LogP contribution in [0.2, 0.25) is 0 Å². The lowest BCUT2D eigenvalue weighted by molar-refractivity contribution is -0.0679. The van der Waals surface area contributed by atoms with Crippen molar-refractivity contribution in [3.05, 3.63) is 34.9 Å². The second kappa shape index (κ2) is 4.79. The zero-order valence-corrected chi connectivity index (χ0v) is 11.0. The summed E-state index contributed by atoms with van der Waals surface area (Å²) in [5.41, 5.74) is 2.91. The molecular formula is C15H22O2. The maximum absolute atomic E-state index is 10.7. The Morgan fingerprint density at radius 1 is 1.18 bits per heavy atom. The van der Waals surface area contributed by atoms with Crippen molar-refractivity contribution in [3.63, 3.8) is 0 Å². The monoisotopic (exact) mass is 234 g/mol. The summed E-state index contributed by atoms with van der Waals surface area (Å²) in [6.45, 7) is 7.78. The predicted molar refractivity (Wildman–Crippen MR) is 69.2 cm³/mol. The minimum absolute atomic E-state index is 0.497. The first-order valence-electron chi connectivity index (χ1n) is 6.43. The van der Waals surface area contributed by atoms with Crippen LogP contribution in [0.5, 0.6) is 0 Å². The lowest BCUT2D eigenvalue weighted by atomic mass is 9.83. The van der Waals surface area contributed by atoms with Crippen molar-refractivity contribution in [1.29, 1.82) is 0 Å². The van der Waals surface area contributed by atoms with Gasteiger partial charge in [-0.15, -0.1) is 0 Å². The number of benzene rings is 1. The first-order valence-corrected chi connectivity index (χ1v) is 6.43. The van der Waals surface area contributed by atoms with Gasteiger partial charge in [0.15, 0.2) is 0 Å². The van der Waals surface area contributed by atoms with Crippen LogP contribution in [-0.2, 0) is 10.3 Å². The molecule has 0 saturated carbocycles. The minimum atomic E-state index is -0.687. The van der Waals surface area contributed by atoms with Gasteiger partial charge in [0, 0.05) is 26.1 Å². The molecule has 94 valence electrons. The van der Waals surface area contributed by atoms with Gasteiger partial charge in [-0.25, -0.2) is 0 Å². The van der Waals surface area contributed by atoms with Gasteiger partial charge in [0.2, 0.25) is 0 Å². The standard InChI is InChI=1S/C15H22O2/c1-11(2)13-8-12(3)9-14(10-13)15(16)4-6-17-7-5-15/h8-11,16H,4-7H2,1-3H3. The number of hydrogen-bond donors (Lipinski definition) is 1. The molecule has 2 heteroatoms. The van der Waals surface area contributed by atoms with E-state index in [1.807, 2.05) is 0 Å². The zero-order valence-electron chi connectivity index (χ0n) is 11.0. The second-order valence-electron chi connectivity index (χ2n) is 5.43. The number of aryl methyl sites for hydroxylation is 1. The number of rotatable bonds is 2.